The molecule has 3 aromatic rings. The first kappa shape index (κ1) is 29.7. The van der Waals surface area contributed by atoms with Crippen molar-refractivity contribution in [1.29, 1.82) is 0 Å². The summed E-state index contributed by atoms with van der Waals surface area (Å²) in [6, 6.07) is 18.4. The fraction of sp³-hybridized carbons (Fsp3) is 0.333. The fourth-order valence-electron chi connectivity index (χ4n) is 4.14. The smallest absolute Gasteiger partial charge is 0.264 e. The molecule has 0 aliphatic carbocycles. The number of aryl methyl sites for hydroxylation is 3. The third-order valence-electron chi connectivity index (χ3n) is 6.48. The molecular formula is C30H37N3O5S. The van der Waals surface area contributed by atoms with Crippen LogP contribution in [-0.4, -0.2) is 51.4 Å². The largest absolute Gasteiger partial charge is 0.495 e. The third-order valence-corrected chi connectivity index (χ3v) is 8.26. The molecule has 3 aromatic carbocycles. The zero-order valence-corrected chi connectivity index (χ0v) is 24.2. The number of hydrogen-bond acceptors (Lipinski definition) is 5. The molecule has 0 aliphatic heterocycles. The second-order valence-corrected chi connectivity index (χ2v) is 11.4. The van der Waals surface area contributed by atoms with Gasteiger partial charge in [-0.3, -0.25) is 13.9 Å². The van der Waals surface area contributed by atoms with Crippen LogP contribution in [0, 0.1) is 20.8 Å². The van der Waals surface area contributed by atoms with Crippen LogP contribution in [-0.2, 0) is 26.2 Å². The number of benzene rings is 3. The van der Waals surface area contributed by atoms with Gasteiger partial charge in [0.2, 0.25) is 11.8 Å². The summed E-state index contributed by atoms with van der Waals surface area (Å²) in [5, 5.41) is 2.76. The lowest BCUT2D eigenvalue weighted by atomic mass is 10.1. The highest BCUT2D eigenvalue weighted by molar-refractivity contribution is 7.92. The molecule has 0 spiro atoms. The van der Waals surface area contributed by atoms with Crippen molar-refractivity contribution >= 4 is 27.5 Å². The summed E-state index contributed by atoms with van der Waals surface area (Å²) in [5.74, 6) is -0.529. The number of hydrogen-bond donors (Lipinski definition) is 1. The van der Waals surface area contributed by atoms with Crippen LogP contribution in [0.4, 0.5) is 5.69 Å². The molecule has 0 aliphatic rings. The van der Waals surface area contributed by atoms with Crippen LogP contribution in [0.2, 0.25) is 0 Å². The highest BCUT2D eigenvalue weighted by atomic mass is 32.2. The van der Waals surface area contributed by atoms with E-state index in [1.54, 1.807) is 38.1 Å². The lowest BCUT2D eigenvalue weighted by Gasteiger charge is -2.32. The number of nitrogens with zero attached hydrogens (tertiary/aromatic N) is 2. The number of likely N-dealkylation sites (N-methyl/N-ethyl adjacent to an activating group) is 1. The van der Waals surface area contributed by atoms with E-state index in [-0.39, 0.29) is 23.0 Å². The van der Waals surface area contributed by atoms with Crippen LogP contribution in [0.1, 0.15) is 36.1 Å². The van der Waals surface area contributed by atoms with E-state index in [0.29, 0.717) is 12.3 Å². The van der Waals surface area contributed by atoms with E-state index in [1.807, 2.05) is 51.1 Å². The van der Waals surface area contributed by atoms with Gasteiger partial charge in [0, 0.05) is 13.1 Å². The first-order chi connectivity index (χ1) is 18.5. The van der Waals surface area contributed by atoms with Crippen LogP contribution >= 0.6 is 0 Å². The zero-order chi connectivity index (χ0) is 28.7. The molecule has 0 bridgehead atoms. The summed E-state index contributed by atoms with van der Waals surface area (Å²) in [6.45, 7) is 9.14. The summed E-state index contributed by atoms with van der Waals surface area (Å²) in [4.78, 5) is 28.3. The van der Waals surface area contributed by atoms with Crippen LogP contribution in [0.5, 0.6) is 5.75 Å². The molecule has 0 saturated heterocycles. The third kappa shape index (κ3) is 7.17. The summed E-state index contributed by atoms with van der Waals surface area (Å²) < 4.78 is 34.6. The molecule has 8 nitrogen and oxygen atoms in total. The number of sulfonamides is 1. The molecule has 0 radical (unpaired) electrons. The van der Waals surface area contributed by atoms with E-state index in [0.717, 1.165) is 26.6 Å². The van der Waals surface area contributed by atoms with Gasteiger partial charge in [-0.2, -0.15) is 0 Å². The molecule has 208 valence electrons. The Balaban J connectivity index is 2.09. The Morgan fingerprint density at radius 1 is 0.897 bits per heavy atom. The maximum absolute atomic E-state index is 14.0. The standard InChI is InChI=1S/C30H37N3O5S/c1-7-31-30(35)24(5)32(19-25-13-8-21(2)9-14-25)29(34)20-33(27-18-23(4)12-17-28(27)38-6)39(36,37)26-15-10-22(3)11-16-26/h8-18,24H,7,19-20H2,1-6H3,(H,31,35)/t24-/m0/s1. The fourth-order valence-corrected chi connectivity index (χ4v) is 5.56. The van der Waals surface area contributed by atoms with Gasteiger partial charge in [0.05, 0.1) is 17.7 Å². The molecule has 0 saturated carbocycles. The maximum Gasteiger partial charge on any atom is 0.264 e. The number of carbonyl (C=O) groups excluding carboxylic acids is 2. The van der Waals surface area contributed by atoms with Gasteiger partial charge >= 0.3 is 0 Å². The van der Waals surface area contributed by atoms with Crippen molar-refractivity contribution in [2.24, 2.45) is 0 Å². The first-order valence-electron chi connectivity index (χ1n) is 12.8. The van der Waals surface area contributed by atoms with E-state index in [2.05, 4.69) is 5.32 Å². The minimum absolute atomic E-state index is 0.0475. The van der Waals surface area contributed by atoms with Crippen molar-refractivity contribution in [3.63, 3.8) is 0 Å². The van der Waals surface area contributed by atoms with Crippen LogP contribution in [0.25, 0.3) is 0 Å². The summed E-state index contributed by atoms with van der Waals surface area (Å²) in [5.41, 5.74) is 3.84. The number of anilines is 1. The molecule has 1 atom stereocenters. The molecule has 9 heteroatoms. The van der Waals surface area contributed by atoms with Gasteiger partial charge in [-0.25, -0.2) is 8.42 Å². The molecule has 39 heavy (non-hydrogen) atoms. The first-order valence-corrected chi connectivity index (χ1v) is 14.3. The molecule has 0 heterocycles. The van der Waals surface area contributed by atoms with Gasteiger partial charge in [0.25, 0.3) is 10.0 Å². The lowest BCUT2D eigenvalue weighted by Crippen LogP contribution is -2.51. The Bertz CT molecular complexity index is 1400. The summed E-state index contributed by atoms with van der Waals surface area (Å²) in [7, 11) is -2.73. The molecule has 3 rings (SSSR count). The van der Waals surface area contributed by atoms with Gasteiger partial charge in [-0.15, -0.1) is 0 Å². The number of ether oxygens (including phenoxy) is 1. The molecule has 0 fully saturated rings. The lowest BCUT2D eigenvalue weighted by molar-refractivity contribution is -0.139. The minimum Gasteiger partial charge on any atom is -0.495 e. The highest BCUT2D eigenvalue weighted by Crippen LogP contribution is 2.33. The van der Waals surface area contributed by atoms with E-state index in [1.165, 1.54) is 24.1 Å². The normalized spacial score (nSPS) is 11.9. The van der Waals surface area contributed by atoms with E-state index < -0.39 is 28.5 Å². The number of amides is 2. The average molecular weight is 552 g/mol. The van der Waals surface area contributed by atoms with E-state index >= 15 is 0 Å². The Morgan fingerprint density at radius 2 is 1.46 bits per heavy atom. The second kappa shape index (κ2) is 12.8. The minimum atomic E-state index is -4.18. The van der Waals surface area contributed by atoms with Crippen molar-refractivity contribution in [1.82, 2.24) is 10.2 Å². The van der Waals surface area contributed by atoms with Crippen LogP contribution < -0.4 is 14.4 Å². The second-order valence-electron chi connectivity index (χ2n) is 9.58. The maximum atomic E-state index is 14.0. The summed E-state index contributed by atoms with van der Waals surface area (Å²) >= 11 is 0. The van der Waals surface area contributed by atoms with Crippen molar-refractivity contribution in [2.75, 3.05) is 24.5 Å². The van der Waals surface area contributed by atoms with Gasteiger partial charge in [0.1, 0.15) is 18.3 Å². The number of carbonyl (C=O) groups is 2. The Labute approximate surface area is 231 Å². The van der Waals surface area contributed by atoms with Gasteiger partial charge in [-0.05, 0) is 70.0 Å². The molecule has 2 amide bonds. The molecule has 0 aromatic heterocycles. The Kier molecular flexibility index (Phi) is 9.75. The summed E-state index contributed by atoms with van der Waals surface area (Å²) in [6.07, 6.45) is 0. The number of methoxy groups -OCH3 is 1. The van der Waals surface area contributed by atoms with Gasteiger partial charge in [-0.1, -0.05) is 53.6 Å². The quantitative estimate of drug-likeness (QED) is 0.382. The Morgan fingerprint density at radius 3 is 2.03 bits per heavy atom. The topological polar surface area (TPSA) is 96.0 Å². The molecule has 0 unspecified atom stereocenters. The zero-order valence-electron chi connectivity index (χ0n) is 23.4. The van der Waals surface area contributed by atoms with Gasteiger partial charge < -0.3 is 15.0 Å². The van der Waals surface area contributed by atoms with Crippen molar-refractivity contribution < 1.29 is 22.7 Å². The molecular weight excluding hydrogens is 514 g/mol. The van der Waals surface area contributed by atoms with E-state index in [9.17, 15) is 18.0 Å². The van der Waals surface area contributed by atoms with Crippen molar-refractivity contribution in [3.05, 3.63) is 89.0 Å². The van der Waals surface area contributed by atoms with E-state index in [4.69, 9.17) is 4.74 Å². The van der Waals surface area contributed by atoms with Crippen LogP contribution in [0.3, 0.4) is 0 Å². The predicted molar refractivity (Wildman–Crippen MR) is 153 cm³/mol. The van der Waals surface area contributed by atoms with Gasteiger partial charge in [0.15, 0.2) is 0 Å². The van der Waals surface area contributed by atoms with Crippen molar-refractivity contribution in [3.8, 4) is 5.75 Å². The average Bonchev–Trinajstić information content (AvgIpc) is 2.91. The predicted octanol–water partition coefficient (Wildman–Crippen LogP) is 4.37. The molecule has 1 N–H and O–H groups in total. The van der Waals surface area contributed by atoms with Crippen LogP contribution in [0.15, 0.2) is 71.6 Å². The number of rotatable bonds is 11. The highest BCUT2D eigenvalue weighted by Gasteiger charge is 2.33. The Hall–Kier alpha value is -3.85. The SMILES string of the molecule is CCNC(=O)[C@H](C)N(Cc1ccc(C)cc1)C(=O)CN(c1cc(C)ccc1OC)S(=O)(=O)c1ccc(C)cc1. The van der Waals surface area contributed by atoms with Crippen molar-refractivity contribution in [2.45, 2.75) is 52.1 Å². The number of nitrogens with one attached hydrogen (secondary N) is 1. The monoisotopic (exact) mass is 551 g/mol.